The maximum Gasteiger partial charge on any atom is 0.193 e. The Labute approximate surface area is 84.9 Å². The number of nitrogens with zero attached hydrogens (tertiary/aromatic N) is 3. The van der Waals surface area contributed by atoms with Gasteiger partial charge < -0.3 is 4.74 Å². The van der Waals surface area contributed by atoms with Gasteiger partial charge in [-0.25, -0.2) is 5.01 Å². The Morgan fingerprint density at radius 2 is 2.15 bits per heavy atom. The molecule has 1 fully saturated rings. The second-order valence-electron chi connectivity index (χ2n) is 2.61. The Hall–Kier alpha value is -0.430. The molecule has 0 aliphatic carbocycles. The first kappa shape index (κ1) is 9.14. The van der Waals surface area contributed by atoms with E-state index in [9.17, 15) is 0 Å². The maximum atomic E-state index is 5.78. The summed E-state index contributed by atoms with van der Waals surface area (Å²) in [7, 11) is 0. The molecule has 13 heavy (non-hydrogen) atoms. The monoisotopic (exact) mass is 220 g/mol. The maximum absolute atomic E-state index is 5.78. The van der Waals surface area contributed by atoms with E-state index in [1.54, 1.807) is 0 Å². The van der Waals surface area contributed by atoms with E-state index in [0.717, 1.165) is 38.0 Å². The first-order valence-corrected chi connectivity index (χ1v) is 5.04. The van der Waals surface area contributed by atoms with Crippen LogP contribution >= 0.6 is 23.3 Å². The number of halogens is 1. The van der Waals surface area contributed by atoms with E-state index >= 15 is 0 Å². The third-order valence-electron chi connectivity index (χ3n) is 1.72. The van der Waals surface area contributed by atoms with Gasteiger partial charge in [-0.05, 0) is 0 Å². The fourth-order valence-electron chi connectivity index (χ4n) is 1.07. The molecule has 0 atom stereocenters. The summed E-state index contributed by atoms with van der Waals surface area (Å²) in [4.78, 5) is 0. The molecule has 0 amide bonds. The molecule has 72 valence electrons. The van der Waals surface area contributed by atoms with E-state index in [4.69, 9.17) is 16.3 Å². The van der Waals surface area contributed by atoms with Gasteiger partial charge in [-0.1, -0.05) is 11.6 Å². The Bertz CT molecular complexity index is 275. The summed E-state index contributed by atoms with van der Waals surface area (Å²) in [5.41, 5.74) is 3.09. The minimum absolute atomic E-state index is 0.427. The second-order valence-corrected chi connectivity index (χ2v) is 3.50. The minimum Gasteiger partial charge on any atom is -0.379 e. The van der Waals surface area contributed by atoms with Crippen LogP contribution in [0, 0.1) is 0 Å². The van der Waals surface area contributed by atoms with Crippen LogP contribution in [0.15, 0.2) is 0 Å². The van der Waals surface area contributed by atoms with Gasteiger partial charge in [-0.15, -0.1) is 0 Å². The van der Waals surface area contributed by atoms with Gasteiger partial charge in [0.15, 0.2) is 11.0 Å². The highest BCUT2D eigenvalue weighted by molar-refractivity contribution is 6.99. The fraction of sp³-hybridized carbons (Fsp3) is 0.667. The van der Waals surface area contributed by atoms with E-state index in [1.165, 1.54) is 0 Å². The number of hydrogen-bond acceptors (Lipinski definition) is 6. The summed E-state index contributed by atoms with van der Waals surface area (Å²) in [6.45, 7) is 3.16. The molecule has 0 bridgehead atoms. The summed E-state index contributed by atoms with van der Waals surface area (Å²) < 4.78 is 13.1. The molecule has 1 aliphatic rings. The van der Waals surface area contributed by atoms with Gasteiger partial charge in [0, 0.05) is 13.1 Å². The molecule has 0 radical (unpaired) electrons. The van der Waals surface area contributed by atoms with Crippen LogP contribution < -0.4 is 5.43 Å². The molecule has 1 saturated heterocycles. The zero-order valence-electron chi connectivity index (χ0n) is 6.86. The summed E-state index contributed by atoms with van der Waals surface area (Å²) in [6, 6.07) is 0. The Kier molecular flexibility index (Phi) is 2.94. The Morgan fingerprint density at radius 1 is 1.38 bits per heavy atom. The molecule has 1 aromatic rings. The zero-order chi connectivity index (χ0) is 9.10. The third-order valence-corrected chi connectivity index (χ3v) is 2.62. The standard InChI is InChI=1S/C6H9ClN4OS/c7-5-6(10-13-9-5)8-11-1-3-12-4-2-11/h1-4H2,(H,8,10). The van der Waals surface area contributed by atoms with Gasteiger partial charge in [0.2, 0.25) is 0 Å². The SMILES string of the molecule is Clc1nsnc1NN1CCOCC1. The third kappa shape index (κ3) is 2.28. The van der Waals surface area contributed by atoms with Crippen molar-refractivity contribution >= 4 is 29.1 Å². The molecule has 2 rings (SSSR count). The van der Waals surface area contributed by atoms with Crippen molar-refractivity contribution in [2.24, 2.45) is 0 Å². The molecule has 0 aromatic carbocycles. The van der Waals surface area contributed by atoms with E-state index in [-0.39, 0.29) is 0 Å². The predicted molar refractivity (Wildman–Crippen MR) is 50.9 cm³/mol. The van der Waals surface area contributed by atoms with Crippen LogP contribution in [-0.2, 0) is 4.74 Å². The van der Waals surface area contributed by atoms with Crippen LogP contribution in [0.25, 0.3) is 0 Å². The van der Waals surface area contributed by atoms with E-state index in [2.05, 4.69) is 14.2 Å². The van der Waals surface area contributed by atoms with Crippen LogP contribution in [-0.4, -0.2) is 40.1 Å². The van der Waals surface area contributed by atoms with Gasteiger partial charge in [0.05, 0.1) is 24.9 Å². The molecule has 0 unspecified atom stereocenters. The first-order chi connectivity index (χ1) is 6.36. The molecule has 0 saturated carbocycles. The van der Waals surface area contributed by atoms with Crippen LogP contribution in [0.2, 0.25) is 5.15 Å². The van der Waals surface area contributed by atoms with Crippen molar-refractivity contribution in [1.82, 2.24) is 13.8 Å². The molecule has 2 heterocycles. The van der Waals surface area contributed by atoms with Gasteiger partial charge in [-0.2, -0.15) is 8.75 Å². The number of rotatable bonds is 2. The summed E-state index contributed by atoms with van der Waals surface area (Å²) in [6.07, 6.45) is 0. The number of hydrogen-bond donors (Lipinski definition) is 1. The fourth-order valence-corrected chi connectivity index (χ4v) is 1.70. The lowest BCUT2D eigenvalue weighted by atomic mass is 10.5. The van der Waals surface area contributed by atoms with E-state index in [1.807, 2.05) is 5.01 Å². The van der Waals surface area contributed by atoms with Crippen molar-refractivity contribution in [3.63, 3.8) is 0 Å². The molecular weight excluding hydrogens is 212 g/mol. The van der Waals surface area contributed by atoms with Gasteiger partial charge in [0.25, 0.3) is 0 Å². The molecule has 0 spiro atoms. The number of ether oxygens (including phenoxy) is 1. The topological polar surface area (TPSA) is 50.3 Å². The lowest BCUT2D eigenvalue weighted by molar-refractivity contribution is 0.0495. The lowest BCUT2D eigenvalue weighted by Gasteiger charge is -2.26. The first-order valence-electron chi connectivity index (χ1n) is 3.93. The average molecular weight is 221 g/mol. The van der Waals surface area contributed by atoms with Gasteiger partial charge in [0.1, 0.15) is 0 Å². The highest BCUT2D eigenvalue weighted by Gasteiger charge is 2.13. The Balaban J connectivity index is 1.93. The van der Waals surface area contributed by atoms with E-state index in [0.29, 0.717) is 11.0 Å². The largest absolute Gasteiger partial charge is 0.379 e. The summed E-state index contributed by atoms with van der Waals surface area (Å²) in [5, 5.41) is 2.45. The van der Waals surface area contributed by atoms with E-state index < -0.39 is 0 Å². The minimum atomic E-state index is 0.427. The normalized spacial score (nSPS) is 18.8. The number of anilines is 1. The van der Waals surface area contributed by atoms with Crippen molar-refractivity contribution < 1.29 is 4.74 Å². The van der Waals surface area contributed by atoms with Crippen molar-refractivity contribution in [1.29, 1.82) is 0 Å². The van der Waals surface area contributed by atoms with Crippen LogP contribution in [0.1, 0.15) is 0 Å². The molecule has 7 heteroatoms. The number of hydrazine groups is 1. The highest BCUT2D eigenvalue weighted by atomic mass is 35.5. The highest BCUT2D eigenvalue weighted by Crippen LogP contribution is 2.18. The van der Waals surface area contributed by atoms with Crippen molar-refractivity contribution in [2.45, 2.75) is 0 Å². The number of aromatic nitrogens is 2. The van der Waals surface area contributed by atoms with Crippen molar-refractivity contribution in [2.75, 3.05) is 31.7 Å². The molecule has 5 nitrogen and oxygen atoms in total. The quantitative estimate of drug-likeness (QED) is 0.801. The van der Waals surface area contributed by atoms with Gasteiger partial charge in [-0.3, -0.25) is 5.43 Å². The number of morpholine rings is 1. The number of nitrogens with one attached hydrogen (secondary N) is 1. The zero-order valence-corrected chi connectivity index (χ0v) is 8.44. The average Bonchev–Trinajstić information content (AvgIpc) is 2.54. The summed E-state index contributed by atoms with van der Waals surface area (Å²) >= 11 is 6.88. The summed E-state index contributed by atoms with van der Waals surface area (Å²) in [5.74, 6) is 0.633. The van der Waals surface area contributed by atoms with Crippen LogP contribution in [0.4, 0.5) is 5.82 Å². The van der Waals surface area contributed by atoms with Crippen molar-refractivity contribution in [3.8, 4) is 0 Å². The molecule has 1 aliphatic heterocycles. The smallest absolute Gasteiger partial charge is 0.193 e. The van der Waals surface area contributed by atoms with Crippen LogP contribution in [0.3, 0.4) is 0 Å². The van der Waals surface area contributed by atoms with Crippen LogP contribution in [0.5, 0.6) is 0 Å². The van der Waals surface area contributed by atoms with Crippen molar-refractivity contribution in [3.05, 3.63) is 5.15 Å². The van der Waals surface area contributed by atoms with Gasteiger partial charge >= 0.3 is 0 Å². The molecular formula is C6H9ClN4OS. The molecule has 1 aromatic heterocycles. The second kappa shape index (κ2) is 4.19. The predicted octanol–water partition coefficient (Wildman–Crippen LogP) is 0.851. The molecule has 1 N–H and O–H groups in total. The Morgan fingerprint density at radius 3 is 2.77 bits per heavy atom. The lowest BCUT2D eigenvalue weighted by Crippen LogP contribution is -2.40.